The van der Waals surface area contributed by atoms with Crippen LogP contribution in [0.25, 0.3) is 11.3 Å². The standard InChI is InChI=1S/C25H27N5O2S/c1-18(2)33(31,32)21-10-7-19(8-11-21)23-17-28-25(26)22(29-23)12-9-20-5-3-4-6-24(20)30-15-13-27-14-16-30/h3-8,10-11,17-18,27H,13-16H2,1-2H3,(H2,26,28). The predicted octanol–water partition coefficient (Wildman–Crippen LogP) is 2.72. The number of benzene rings is 2. The van der Waals surface area contributed by atoms with Gasteiger partial charge in [-0.25, -0.2) is 18.4 Å². The van der Waals surface area contributed by atoms with E-state index >= 15 is 0 Å². The van der Waals surface area contributed by atoms with Crippen molar-refractivity contribution in [1.82, 2.24) is 15.3 Å². The minimum Gasteiger partial charge on any atom is -0.381 e. The van der Waals surface area contributed by atoms with Crippen LogP contribution in [-0.2, 0) is 9.84 Å². The molecule has 0 saturated carbocycles. The molecule has 33 heavy (non-hydrogen) atoms. The van der Waals surface area contributed by atoms with Crippen molar-refractivity contribution < 1.29 is 8.42 Å². The van der Waals surface area contributed by atoms with E-state index in [9.17, 15) is 8.42 Å². The van der Waals surface area contributed by atoms with Gasteiger partial charge in [-0.1, -0.05) is 30.2 Å². The third-order valence-corrected chi connectivity index (χ3v) is 7.75. The van der Waals surface area contributed by atoms with E-state index in [0.717, 1.165) is 43.0 Å². The summed E-state index contributed by atoms with van der Waals surface area (Å²) in [7, 11) is -3.33. The number of para-hydroxylation sites is 1. The molecule has 170 valence electrons. The first-order valence-corrected chi connectivity index (χ1v) is 12.4. The Balaban J connectivity index is 1.64. The van der Waals surface area contributed by atoms with Gasteiger partial charge in [0.15, 0.2) is 21.3 Å². The molecule has 1 aliphatic rings. The Bertz CT molecular complexity index is 1300. The lowest BCUT2D eigenvalue weighted by atomic mass is 10.1. The highest BCUT2D eigenvalue weighted by molar-refractivity contribution is 7.92. The van der Waals surface area contributed by atoms with Crippen molar-refractivity contribution in [2.75, 3.05) is 36.8 Å². The van der Waals surface area contributed by atoms with Crippen molar-refractivity contribution in [2.45, 2.75) is 24.0 Å². The fourth-order valence-electron chi connectivity index (χ4n) is 3.60. The topological polar surface area (TPSA) is 101 Å². The highest BCUT2D eigenvalue weighted by Crippen LogP contribution is 2.23. The summed E-state index contributed by atoms with van der Waals surface area (Å²) < 4.78 is 24.7. The van der Waals surface area contributed by atoms with E-state index < -0.39 is 15.1 Å². The summed E-state index contributed by atoms with van der Waals surface area (Å²) in [5, 5.41) is 2.88. The first-order chi connectivity index (χ1) is 15.9. The third kappa shape index (κ3) is 5.00. The van der Waals surface area contributed by atoms with Crippen molar-refractivity contribution in [3.8, 4) is 23.1 Å². The van der Waals surface area contributed by atoms with Crippen LogP contribution in [0.15, 0.2) is 59.6 Å². The molecule has 2 heterocycles. The van der Waals surface area contributed by atoms with E-state index in [1.54, 1.807) is 44.3 Å². The van der Waals surface area contributed by atoms with Gasteiger partial charge < -0.3 is 16.0 Å². The van der Waals surface area contributed by atoms with E-state index in [1.807, 2.05) is 18.2 Å². The zero-order chi connectivity index (χ0) is 23.4. The Labute approximate surface area is 195 Å². The number of piperazine rings is 1. The minimum absolute atomic E-state index is 0.255. The zero-order valence-electron chi connectivity index (χ0n) is 18.7. The minimum atomic E-state index is -3.33. The molecular weight excluding hydrogens is 434 g/mol. The number of nitrogens with two attached hydrogens (primary N) is 1. The largest absolute Gasteiger partial charge is 0.381 e. The SMILES string of the molecule is CC(C)S(=O)(=O)c1ccc(-c2cnc(N)c(C#Cc3ccccc3N3CCNCC3)n2)cc1. The van der Waals surface area contributed by atoms with Gasteiger partial charge in [-0.3, -0.25) is 0 Å². The lowest BCUT2D eigenvalue weighted by Crippen LogP contribution is -2.43. The molecule has 1 aliphatic heterocycles. The molecule has 2 aromatic carbocycles. The number of hydrogen-bond acceptors (Lipinski definition) is 7. The third-order valence-electron chi connectivity index (χ3n) is 5.58. The van der Waals surface area contributed by atoms with Crippen LogP contribution >= 0.6 is 0 Å². The van der Waals surface area contributed by atoms with Crippen LogP contribution in [0.1, 0.15) is 25.1 Å². The van der Waals surface area contributed by atoms with Gasteiger partial charge in [-0.2, -0.15) is 0 Å². The monoisotopic (exact) mass is 461 g/mol. The zero-order valence-corrected chi connectivity index (χ0v) is 19.6. The van der Waals surface area contributed by atoms with Gasteiger partial charge in [0.05, 0.1) is 27.7 Å². The Morgan fingerprint density at radius 1 is 1.03 bits per heavy atom. The van der Waals surface area contributed by atoms with Crippen LogP contribution in [0, 0.1) is 11.8 Å². The lowest BCUT2D eigenvalue weighted by Gasteiger charge is -2.30. The second kappa shape index (κ2) is 9.61. The van der Waals surface area contributed by atoms with Gasteiger partial charge in [0.1, 0.15) is 0 Å². The molecule has 0 unspecified atom stereocenters. The lowest BCUT2D eigenvalue weighted by molar-refractivity contribution is 0.587. The second-order valence-electron chi connectivity index (χ2n) is 8.11. The van der Waals surface area contributed by atoms with Gasteiger partial charge in [0.2, 0.25) is 0 Å². The Morgan fingerprint density at radius 2 is 1.73 bits per heavy atom. The Hall–Kier alpha value is -3.41. The van der Waals surface area contributed by atoms with Crippen molar-refractivity contribution >= 4 is 21.3 Å². The summed E-state index contributed by atoms with van der Waals surface area (Å²) in [4.78, 5) is 11.5. The summed E-state index contributed by atoms with van der Waals surface area (Å²) in [5.74, 6) is 6.55. The van der Waals surface area contributed by atoms with Crippen molar-refractivity contribution in [3.05, 3.63) is 66.0 Å². The molecule has 1 saturated heterocycles. The fraction of sp³-hybridized carbons (Fsp3) is 0.280. The smallest absolute Gasteiger partial charge is 0.180 e. The quantitative estimate of drug-likeness (QED) is 0.576. The maximum Gasteiger partial charge on any atom is 0.180 e. The van der Waals surface area contributed by atoms with Gasteiger partial charge in [-0.15, -0.1) is 0 Å². The Kier molecular flexibility index (Phi) is 6.63. The number of sulfone groups is 1. The van der Waals surface area contributed by atoms with E-state index in [4.69, 9.17) is 5.73 Å². The highest BCUT2D eigenvalue weighted by Gasteiger charge is 2.19. The van der Waals surface area contributed by atoms with Crippen LogP contribution in [-0.4, -0.2) is 49.8 Å². The van der Waals surface area contributed by atoms with Crippen LogP contribution in [0.5, 0.6) is 0 Å². The molecule has 3 aromatic rings. The van der Waals surface area contributed by atoms with Crippen molar-refractivity contribution in [3.63, 3.8) is 0 Å². The molecule has 4 rings (SSSR count). The predicted molar refractivity (Wildman–Crippen MR) is 132 cm³/mol. The average Bonchev–Trinajstić information content (AvgIpc) is 2.84. The number of aromatic nitrogens is 2. The summed E-state index contributed by atoms with van der Waals surface area (Å²) in [5.41, 5.74) is 9.77. The van der Waals surface area contributed by atoms with Gasteiger partial charge in [0.25, 0.3) is 0 Å². The maximum absolute atomic E-state index is 12.4. The molecule has 0 aliphatic carbocycles. The van der Waals surface area contributed by atoms with E-state index in [2.05, 4.69) is 38.1 Å². The number of nitrogen functional groups attached to an aromatic ring is 1. The molecule has 0 radical (unpaired) electrons. The summed E-state index contributed by atoms with van der Waals surface area (Å²) in [6.07, 6.45) is 1.57. The first kappa shape index (κ1) is 22.8. The molecule has 0 bridgehead atoms. The summed E-state index contributed by atoms with van der Waals surface area (Å²) >= 11 is 0. The number of nitrogens with one attached hydrogen (secondary N) is 1. The average molecular weight is 462 g/mol. The summed E-state index contributed by atoms with van der Waals surface area (Å²) in [6.45, 7) is 7.08. The molecule has 7 nitrogen and oxygen atoms in total. The molecular formula is C25H27N5O2S. The molecule has 0 atom stereocenters. The molecule has 1 aromatic heterocycles. The second-order valence-corrected chi connectivity index (χ2v) is 10.6. The molecule has 0 amide bonds. The van der Waals surface area contributed by atoms with E-state index in [-0.39, 0.29) is 10.7 Å². The molecule has 3 N–H and O–H groups in total. The number of anilines is 2. The molecule has 0 spiro atoms. The van der Waals surface area contributed by atoms with Gasteiger partial charge in [0, 0.05) is 37.3 Å². The fourth-order valence-corrected chi connectivity index (χ4v) is 4.66. The number of rotatable bonds is 4. The molecule has 1 fully saturated rings. The maximum atomic E-state index is 12.4. The van der Waals surface area contributed by atoms with E-state index in [1.165, 1.54) is 0 Å². The van der Waals surface area contributed by atoms with Crippen molar-refractivity contribution in [1.29, 1.82) is 0 Å². The molecule has 8 heteroatoms. The van der Waals surface area contributed by atoms with Crippen LogP contribution in [0.3, 0.4) is 0 Å². The number of hydrogen-bond donors (Lipinski definition) is 2. The summed E-state index contributed by atoms with van der Waals surface area (Å²) in [6, 6.07) is 14.7. The van der Waals surface area contributed by atoms with Gasteiger partial charge >= 0.3 is 0 Å². The van der Waals surface area contributed by atoms with E-state index in [0.29, 0.717) is 11.4 Å². The van der Waals surface area contributed by atoms with Crippen LogP contribution in [0.2, 0.25) is 0 Å². The highest BCUT2D eigenvalue weighted by atomic mass is 32.2. The van der Waals surface area contributed by atoms with Gasteiger partial charge in [-0.05, 0) is 44.0 Å². The van der Waals surface area contributed by atoms with Crippen LogP contribution in [0.4, 0.5) is 11.5 Å². The first-order valence-electron chi connectivity index (χ1n) is 10.9. The van der Waals surface area contributed by atoms with Crippen LogP contribution < -0.4 is 16.0 Å². The normalized spacial score (nSPS) is 14.1. The Morgan fingerprint density at radius 3 is 2.42 bits per heavy atom. The van der Waals surface area contributed by atoms with Crippen molar-refractivity contribution in [2.24, 2.45) is 0 Å². The number of nitrogens with zero attached hydrogens (tertiary/aromatic N) is 3.